The molecule has 0 aliphatic carbocycles. The lowest BCUT2D eigenvalue weighted by atomic mass is 10.3. The second-order valence-electron chi connectivity index (χ2n) is 4.00. The fourth-order valence-electron chi connectivity index (χ4n) is 1.61. The molecule has 0 saturated heterocycles. The Morgan fingerprint density at radius 1 is 1.30 bits per heavy atom. The van der Waals surface area contributed by atoms with Gasteiger partial charge in [-0.3, -0.25) is 4.79 Å². The molecule has 9 heteroatoms. The molecule has 0 bridgehead atoms. The van der Waals surface area contributed by atoms with Gasteiger partial charge in [0.25, 0.3) is 0 Å². The van der Waals surface area contributed by atoms with Crippen molar-refractivity contribution < 1.29 is 32.9 Å². The standard InChI is InChI=1S/C11H13NO7S/c13-6-8(11(14)15)12-20(16,17)7-1-2-9-10(5-7)19-4-3-18-9/h1-2,5,8,12-13H,3-4,6H2,(H,14,15)/t8-/m1/s1. The van der Waals surface area contributed by atoms with Crippen LogP contribution in [0.3, 0.4) is 0 Å². The van der Waals surface area contributed by atoms with Gasteiger partial charge in [-0.15, -0.1) is 0 Å². The smallest absolute Gasteiger partial charge is 0.324 e. The Morgan fingerprint density at radius 3 is 2.55 bits per heavy atom. The summed E-state index contributed by atoms with van der Waals surface area (Å²) in [7, 11) is -4.08. The van der Waals surface area contributed by atoms with Gasteiger partial charge >= 0.3 is 5.97 Å². The Bertz CT molecular complexity index is 613. The number of hydrogen-bond donors (Lipinski definition) is 3. The van der Waals surface area contributed by atoms with Gasteiger partial charge in [0.05, 0.1) is 11.5 Å². The molecule has 1 aliphatic heterocycles. The van der Waals surface area contributed by atoms with Gasteiger partial charge in [-0.1, -0.05) is 0 Å². The van der Waals surface area contributed by atoms with E-state index in [1.54, 1.807) is 0 Å². The van der Waals surface area contributed by atoms with E-state index in [9.17, 15) is 13.2 Å². The normalized spacial score (nSPS) is 15.7. The highest BCUT2D eigenvalue weighted by atomic mass is 32.2. The second-order valence-corrected chi connectivity index (χ2v) is 5.71. The number of carbonyl (C=O) groups is 1. The van der Waals surface area contributed by atoms with Crippen LogP contribution in [-0.4, -0.2) is 50.5 Å². The molecule has 1 atom stereocenters. The molecular formula is C11H13NO7S. The molecule has 110 valence electrons. The molecule has 20 heavy (non-hydrogen) atoms. The van der Waals surface area contributed by atoms with E-state index in [1.165, 1.54) is 18.2 Å². The van der Waals surface area contributed by atoms with Crippen LogP contribution in [0, 0.1) is 0 Å². The fraction of sp³-hybridized carbons (Fsp3) is 0.364. The largest absolute Gasteiger partial charge is 0.486 e. The maximum Gasteiger partial charge on any atom is 0.324 e. The van der Waals surface area contributed by atoms with E-state index in [1.807, 2.05) is 4.72 Å². The van der Waals surface area contributed by atoms with Crippen LogP contribution in [0.1, 0.15) is 0 Å². The number of ether oxygens (including phenoxy) is 2. The summed E-state index contributed by atoms with van der Waals surface area (Å²) >= 11 is 0. The third-order valence-electron chi connectivity index (χ3n) is 2.60. The van der Waals surface area contributed by atoms with E-state index in [4.69, 9.17) is 19.7 Å². The molecule has 2 rings (SSSR count). The van der Waals surface area contributed by atoms with Crippen molar-refractivity contribution >= 4 is 16.0 Å². The number of aliphatic carboxylic acids is 1. The van der Waals surface area contributed by atoms with Crippen LogP contribution in [0.2, 0.25) is 0 Å². The van der Waals surface area contributed by atoms with Crippen molar-refractivity contribution in [3.63, 3.8) is 0 Å². The Hall–Kier alpha value is -1.84. The lowest BCUT2D eigenvalue weighted by Crippen LogP contribution is -2.43. The summed E-state index contributed by atoms with van der Waals surface area (Å²) in [5.41, 5.74) is 0. The first-order valence-electron chi connectivity index (χ1n) is 5.69. The minimum Gasteiger partial charge on any atom is -0.486 e. The van der Waals surface area contributed by atoms with Crippen molar-refractivity contribution in [1.29, 1.82) is 0 Å². The predicted molar refractivity (Wildman–Crippen MR) is 66.3 cm³/mol. The van der Waals surface area contributed by atoms with E-state index in [0.717, 1.165) is 0 Å². The molecule has 0 aromatic heterocycles. The Balaban J connectivity index is 2.27. The van der Waals surface area contributed by atoms with Crippen molar-refractivity contribution in [3.05, 3.63) is 18.2 Å². The molecule has 0 unspecified atom stereocenters. The summed E-state index contributed by atoms with van der Waals surface area (Å²) in [6.07, 6.45) is 0. The molecule has 3 N–H and O–H groups in total. The molecule has 0 fully saturated rings. The van der Waals surface area contributed by atoms with E-state index >= 15 is 0 Å². The lowest BCUT2D eigenvalue weighted by molar-refractivity contribution is -0.139. The van der Waals surface area contributed by atoms with Gasteiger partial charge in [0.15, 0.2) is 11.5 Å². The van der Waals surface area contributed by atoms with Crippen molar-refractivity contribution in [2.75, 3.05) is 19.8 Å². The monoisotopic (exact) mass is 303 g/mol. The van der Waals surface area contributed by atoms with Crippen molar-refractivity contribution in [2.45, 2.75) is 10.9 Å². The van der Waals surface area contributed by atoms with Gasteiger partial charge in [0.1, 0.15) is 19.3 Å². The zero-order chi connectivity index (χ0) is 14.8. The van der Waals surface area contributed by atoms with Gasteiger partial charge in [-0.25, -0.2) is 8.42 Å². The molecule has 0 saturated carbocycles. The number of aliphatic hydroxyl groups excluding tert-OH is 1. The average Bonchev–Trinajstić information content (AvgIpc) is 2.44. The number of rotatable bonds is 5. The molecule has 0 spiro atoms. The van der Waals surface area contributed by atoms with Gasteiger partial charge in [-0.2, -0.15) is 4.72 Å². The maximum absolute atomic E-state index is 12.0. The maximum atomic E-state index is 12.0. The second kappa shape index (κ2) is 5.65. The fourth-order valence-corrected chi connectivity index (χ4v) is 2.81. The average molecular weight is 303 g/mol. The van der Waals surface area contributed by atoms with Gasteiger partial charge < -0.3 is 19.7 Å². The number of benzene rings is 1. The SMILES string of the molecule is O=C(O)[C@@H](CO)NS(=O)(=O)c1ccc2c(c1)OCCO2. The molecule has 1 aromatic rings. The lowest BCUT2D eigenvalue weighted by Gasteiger charge is -2.19. The van der Waals surface area contributed by atoms with Crippen molar-refractivity contribution in [1.82, 2.24) is 4.72 Å². The summed E-state index contributed by atoms with van der Waals surface area (Å²) in [6.45, 7) is -0.166. The predicted octanol–water partition coefficient (Wildman–Crippen LogP) is -0.818. The number of sulfonamides is 1. The first-order valence-corrected chi connectivity index (χ1v) is 7.18. The molecule has 1 aromatic carbocycles. The molecule has 8 nitrogen and oxygen atoms in total. The topological polar surface area (TPSA) is 122 Å². The number of nitrogens with one attached hydrogen (secondary N) is 1. The Morgan fingerprint density at radius 2 is 1.95 bits per heavy atom. The number of fused-ring (bicyclic) bond motifs is 1. The molecule has 1 aliphatic rings. The molecule has 0 radical (unpaired) electrons. The Kier molecular flexibility index (Phi) is 4.12. The first kappa shape index (κ1) is 14.6. The minimum atomic E-state index is -4.08. The number of carboxylic acid groups (broad SMARTS) is 1. The third kappa shape index (κ3) is 3.00. The van der Waals surface area contributed by atoms with E-state index in [-0.39, 0.29) is 10.6 Å². The van der Waals surface area contributed by atoms with Crippen molar-refractivity contribution in [2.24, 2.45) is 0 Å². The number of carboxylic acids is 1. The minimum absolute atomic E-state index is 0.165. The number of aliphatic hydroxyl groups is 1. The van der Waals surface area contributed by atoms with Gasteiger partial charge in [0.2, 0.25) is 10.0 Å². The summed E-state index contributed by atoms with van der Waals surface area (Å²) < 4.78 is 36.4. The molecular weight excluding hydrogens is 290 g/mol. The summed E-state index contributed by atoms with van der Waals surface area (Å²) in [5.74, 6) is -0.768. The van der Waals surface area contributed by atoms with E-state index < -0.39 is 28.6 Å². The summed E-state index contributed by atoms with van der Waals surface area (Å²) in [6, 6.07) is 2.34. The number of hydrogen-bond acceptors (Lipinski definition) is 6. The van der Waals surface area contributed by atoms with Crippen LogP contribution in [-0.2, 0) is 14.8 Å². The van der Waals surface area contributed by atoms with Crippen LogP contribution < -0.4 is 14.2 Å². The highest BCUT2D eigenvalue weighted by Gasteiger charge is 2.26. The van der Waals surface area contributed by atoms with Crippen LogP contribution in [0.15, 0.2) is 23.1 Å². The summed E-state index contributed by atoms with van der Waals surface area (Å²) in [4.78, 5) is 10.6. The van der Waals surface area contributed by atoms with Crippen LogP contribution >= 0.6 is 0 Å². The quantitative estimate of drug-likeness (QED) is 0.649. The van der Waals surface area contributed by atoms with Crippen LogP contribution in [0.25, 0.3) is 0 Å². The summed E-state index contributed by atoms with van der Waals surface area (Å²) in [5, 5.41) is 17.6. The Labute approximate surface area is 115 Å². The highest BCUT2D eigenvalue weighted by molar-refractivity contribution is 7.89. The van der Waals surface area contributed by atoms with Crippen molar-refractivity contribution in [3.8, 4) is 11.5 Å². The first-order chi connectivity index (χ1) is 9.44. The zero-order valence-corrected chi connectivity index (χ0v) is 11.1. The third-order valence-corrected chi connectivity index (χ3v) is 4.07. The molecule has 1 heterocycles. The van der Waals surface area contributed by atoms with Crippen LogP contribution in [0.5, 0.6) is 11.5 Å². The zero-order valence-electron chi connectivity index (χ0n) is 10.3. The van der Waals surface area contributed by atoms with E-state index in [2.05, 4.69) is 0 Å². The van der Waals surface area contributed by atoms with Gasteiger partial charge in [-0.05, 0) is 12.1 Å². The van der Waals surface area contributed by atoms with E-state index in [0.29, 0.717) is 19.0 Å². The molecule has 0 amide bonds. The van der Waals surface area contributed by atoms with Gasteiger partial charge in [0, 0.05) is 6.07 Å². The van der Waals surface area contributed by atoms with Crippen LogP contribution in [0.4, 0.5) is 0 Å². The highest BCUT2D eigenvalue weighted by Crippen LogP contribution is 2.32.